The molecule has 1 atom stereocenters. The van der Waals surface area contributed by atoms with Crippen LogP contribution in [0.15, 0.2) is 34.2 Å². The summed E-state index contributed by atoms with van der Waals surface area (Å²) >= 11 is 1.62. The average Bonchev–Trinajstić information content (AvgIpc) is 3.22. The fraction of sp³-hybridized carbons (Fsp3) is 0.353. The highest BCUT2D eigenvalue weighted by atomic mass is 32.1. The van der Waals surface area contributed by atoms with Crippen molar-refractivity contribution in [2.24, 2.45) is 0 Å². The van der Waals surface area contributed by atoms with Gasteiger partial charge in [0.15, 0.2) is 5.82 Å². The van der Waals surface area contributed by atoms with Gasteiger partial charge in [-0.05, 0) is 39.1 Å². The summed E-state index contributed by atoms with van der Waals surface area (Å²) in [6.07, 6.45) is 0.722. The maximum Gasteiger partial charge on any atom is 0.258 e. The number of ether oxygens (including phenoxy) is 1. The number of nitrogens with one attached hydrogen (secondary N) is 1. The van der Waals surface area contributed by atoms with Crippen molar-refractivity contribution in [3.8, 4) is 17.2 Å². The first-order valence-electron chi connectivity index (χ1n) is 7.78. The second-order valence-electron chi connectivity index (χ2n) is 5.58. The Morgan fingerprint density at radius 1 is 1.33 bits per heavy atom. The molecule has 3 aromatic rings. The van der Waals surface area contributed by atoms with Gasteiger partial charge in [-0.2, -0.15) is 4.98 Å². The minimum atomic E-state index is 0.298. The van der Waals surface area contributed by atoms with Gasteiger partial charge < -0.3 is 14.6 Å². The number of thiazole rings is 1. The van der Waals surface area contributed by atoms with E-state index >= 15 is 0 Å². The Kier molecular flexibility index (Phi) is 5.22. The Labute approximate surface area is 144 Å². The van der Waals surface area contributed by atoms with Gasteiger partial charge in [-0.1, -0.05) is 11.2 Å². The zero-order valence-electron chi connectivity index (χ0n) is 13.9. The molecule has 0 aliphatic carbocycles. The number of aromatic nitrogens is 3. The molecule has 1 N–H and O–H groups in total. The summed E-state index contributed by atoms with van der Waals surface area (Å²) in [5.74, 6) is 1.95. The molecule has 3 rings (SSSR count). The average molecular weight is 344 g/mol. The summed E-state index contributed by atoms with van der Waals surface area (Å²) in [4.78, 5) is 8.84. The van der Waals surface area contributed by atoms with E-state index in [1.54, 1.807) is 11.3 Å². The molecule has 1 aromatic carbocycles. The van der Waals surface area contributed by atoms with Crippen LogP contribution in [0.2, 0.25) is 0 Å². The predicted molar refractivity (Wildman–Crippen MR) is 93.1 cm³/mol. The van der Waals surface area contributed by atoms with Crippen LogP contribution >= 0.6 is 11.3 Å². The van der Waals surface area contributed by atoms with Crippen LogP contribution in [0.4, 0.5) is 0 Å². The molecule has 0 aliphatic heterocycles. The Bertz CT molecular complexity index is 799. The van der Waals surface area contributed by atoms with Crippen LogP contribution in [0.25, 0.3) is 11.5 Å². The maximum atomic E-state index is 5.80. The van der Waals surface area contributed by atoms with Crippen LogP contribution in [-0.2, 0) is 13.0 Å². The SMILES string of the molecule is CNC(C)Cc1noc(-c2cccc(OCc3csc(C)n3)c2)n1. The van der Waals surface area contributed by atoms with Crippen LogP contribution in [0.5, 0.6) is 5.75 Å². The Hall–Kier alpha value is -2.25. The van der Waals surface area contributed by atoms with Crippen LogP contribution in [-0.4, -0.2) is 28.2 Å². The molecule has 2 heterocycles. The first-order chi connectivity index (χ1) is 11.6. The third kappa shape index (κ3) is 4.18. The molecule has 0 bridgehead atoms. The van der Waals surface area contributed by atoms with Gasteiger partial charge in [0, 0.05) is 23.4 Å². The van der Waals surface area contributed by atoms with Crippen LogP contribution < -0.4 is 10.1 Å². The molecule has 7 heteroatoms. The number of hydrogen-bond acceptors (Lipinski definition) is 7. The molecule has 0 saturated carbocycles. The van der Waals surface area contributed by atoms with Crippen molar-refractivity contribution in [2.75, 3.05) is 7.05 Å². The van der Waals surface area contributed by atoms with Crippen LogP contribution in [0.1, 0.15) is 23.4 Å². The molecule has 0 saturated heterocycles. The van der Waals surface area contributed by atoms with E-state index in [4.69, 9.17) is 9.26 Å². The highest BCUT2D eigenvalue weighted by Crippen LogP contribution is 2.23. The molecule has 24 heavy (non-hydrogen) atoms. The minimum Gasteiger partial charge on any atom is -0.487 e. The first-order valence-corrected chi connectivity index (χ1v) is 8.66. The summed E-state index contributed by atoms with van der Waals surface area (Å²) in [6.45, 7) is 4.50. The first kappa shape index (κ1) is 16.6. The lowest BCUT2D eigenvalue weighted by atomic mass is 10.2. The fourth-order valence-electron chi connectivity index (χ4n) is 2.18. The van der Waals surface area contributed by atoms with Gasteiger partial charge in [0.1, 0.15) is 12.4 Å². The molecule has 1 unspecified atom stereocenters. The number of hydrogen-bond donors (Lipinski definition) is 1. The Balaban J connectivity index is 1.68. The number of aryl methyl sites for hydroxylation is 1. The highest BCUT2D eigenvalue weighted by Gasteiger charge is 2.12. The predicted octanol–water partition coefficient (Wildman–Crippen LogP) is 3.23. The van der Waals surface area contributed by atoms with Gasteiger partial charge in [0.25, 0.3) is 5.89 Å². The Morgan fingerprint density at radius 3 is 2.96 bits per heavy atom. The van der Waals surface area contributed by atoms with E-state index in [0.29, 0.717) is 24.4 Å². The second-order valence-corrected chi connectivity index (χ2v) is 6.65. The zero-order chi connectivity index (χ0) is 16.9. The number of nitrogens with zero attached hydrogens (tertiary/aromatic N) is 3. The molecule has 0 fully saturated rings. The lowest BCUT2D eigenvalue weighted by molar-refractivity contribution is 0.302. The van der Waals surface area contributed by atoms with Crippen molar-refractivity contribution in [3.05, 3.63) is 46.2 Å². The summed E-state index contributed by atoms with van der Waals surface area (Å²) in [6, 6.07) is 7.95. The van der Waals surface area contributed by atoms with Gasteiger partial charge in [-0.25, -0.2) is 4.98 Å². The molecular weight excluding hydrogens is 324 g/mol. The van der Waals surface area contributed by atoms with E-state index < -0.39 is 0 Å². The molecule has 126 valence electrons. The molecule has 0 amide bonds. The summed E-state index contributed by atoms with van der Waals surface area (Å²) in [7, 11) is 1.91. The van der Waals surface area contributed by atoms with Gasteiger partial charge in [-0.3, -0.25) is 0 Å². The zero-order valence-corrected chi connectivity index (χ0v) is 14.8. The van der Waals surface area contributed by atoms with Crippen molar-refractivity contribution in [3.63, 3.8) is 0 Å². The molecule has 0 radical (unpaired) electrons. The lowest BCUT2D eigenvalue weighted by Crippen LogP contribution is -2.24. The van der Waals surface area contributed by atoms with Crippen molar-refractivity contribution < 1.29 is 9.26 Å². The van der Waals surface area contributed by atoms with Crippen molar-refractivity contribution in [2.45, 2.75) is 32.9 Å². The second kappa shape index (κ2) is 7.55. The van der Waals surface area contributed by atoms with Gasteiger partial charge >= 0.3 is 0 Å². The fourth-order valence-corrected chi connectivity index (χ4v) is 2.78. The number of benzene rings is 1. The van der Waals surface area contributed by atoms with Crippen molar-refractivity contribution >= 4 is 11.3 Å². The third-order valence-corrected chi connectivity index (χ3v) is 4.41. The number of rotatable bonds is 7. The Morgan fingerprint density at radius 2 is 2.21 bits per heavy atom. The molecule has 0 spiro atoms. The smallest absolute Gasteiger partial charge is 0.258 e. The van der Waals surface area contributed by atoms with E-state index in [-0.39, 0.29) is 0 Å². The standard InChI is InChI=1S/C17H20N4O2S/c1-11(18-3)7-16-20-17(23-21-16)13-5-4-6-15(8-13)22-9-14-10-24-12(2)19-14/h4-6,8,10-11,18H,7,9H2,1-3H3. The van der Waals surface area contributed by atoms with E-state index in [1.807, 2.05) is 43.6 Å². The quantitative estimate of drug-likeness (QED) is 0.709. The topological polar surface area (TPSA) is 73.1 Å². The summed E-state index contributed by atoms with van der Waals surface area (Å²) < 4.78 is 11.2. The van der Waals surface area contributed by atoms with Crippen molar-refractivity contribution in [1.29, 1.82) is 0 Å². The minimum absolute atomic E-state index is 0.298. The lowest BCUT2D eigenvalue weighted by Gasteiger charge is -2.05. The van der Waals surface area contributed by atoms with Gasteiger partial charge in [0.2, 0.25) is 0 Å². The van der Waals surface area contributed by atoms with Gasteiger partial charge in [-0.15, -0.1) is 11.3 Å². The van der Waals surface area contributed by atoms with Crippen LogP contribution in [0, 0.1) is 6.92 Å². The number of likely N-dealkylation sites (N-methyl/N-ethyl adjacent to an activating group) is 1. The third-order valence-electron chi connectivity index (χ3n) is 3.58. The maximum absolute atomic E-state index is 5.80. The van der Waals surface area contributed by atoms with E-state index in [1.165, 1.54) is 0 Å². The normalized spacial score (nSPS) is 12.3. The van der Waals surface area contributed by atoms with E-state index in [9.17, 15) is 0 Å². The molecular formula is C17H20N4O2S. The summed E-state index contributed by atoms with van der Waals surface area (Å²) in [5.41, 5.74) is 1.78. The van der Waals surface area contributed by atoms with Crippen molar-refractivity contribution in [1.82, 2.24) is 20.4 Å². The molecule has 0 aliphatic rings. The molecule has 6 nitrogen and oxygen atoms in total. The van der Waals surface area contributed by atoms with Crippen LogP contribution in [0.3, 0.4) is 0 Å². The van der Waals surface area contributed by atoms with Gasteiger partial charge in [0.05, 0.1) is 10.7 Å². The highest BCUT2D eigenvalue weighted by molar-refractivity contribution is 7.09. The van der Waals surface area contributed by atoms with E-state index in [0.717, 1.165) is 28.4 Å². The molecule has 2 aromatic heterocycles. The largest absolute Gasteiger partial charge is 0.487 e. The summed E-state index contributed by atoms with van der Waals surface area (Å²) in [5, 5.41) is 10.2. The van der Waals surface area contributed by atoms with E-state index in [2.05, 4.69) is 27.4 Å². The monoisotopic (exact) mass is 344 g/mol.